The summed E-state index contributed by atoms with van der Waals surface area (Å²) < 4.78 is 36.8. The SMILES string of the molecule is O=C(O)Nc1ccc(F)c(C(F)F)n1. The van der Waals surface area contributed by atoms with Gasteiger partial charge in [-0.3, -0.25) is 5.32 Å². The topological polar surface area (TPSA) is 62.2 Å². The molecule has 0 aliphatic carbocycles. The Kier molecular flexibility index (Phi) is 2.90. The number of alkyl halides is 2. The number of hydrogen-bond donors (Lipinski definition) is 2. The minimum atomic E-state index is -3.08. The minimum absolute atomic E-state index is 0.339. The van der Waals surface area contributed by atoms with Gasteiger partial charge in [0.25, 0.3) is 6.43 Å². The number of nitrogens with zero attached hydrogens (tertiary/aromatic N) is 1. The van der Waals surface area contributed by atoms with Gasteiger partial charge in [-0.05, 0) is 12.1 Å². The van der Waals surface area contributed by atoms with E-state index in [1.165, 1.54) is 0 Å². The van der Waals surface area contributed by atoms with E-state index in [1.54, 1.807) is 5.32 Å². The summed E-state index contributed by atoms with van der Waals surface area (Å²) in [6, 6.07) is 1.68. The van der Waals surface area contributed by atoms with Crippen molar-refractivity contribution in [2.75, 3.05) is 5.32 Å². The highest BCUT2D eigenvalue weighted by molar-refractivity contribution is 5.81. The molecular formula is C7H5F3N2O2. The summed E-state index contributed by atoms with van der Waals surface area (Å²) in [5.74, 6) is -1.51. The average molecular weight is 206 g/mol. The van der Waals surface area contributed by atoms with Crippen molar-refractivity contribution in [2.45, 2.75) is 6.43 Å². The van der Waals surface area contributed by atoms with E-state index < -0.39 is 24.0 Å². The van der Waals surface area contributed by atoms with Crippen LogP contribution in [0.5, 0.6) is 0 Å². The molecule has 1 aromatic rings. The fourth-order valence-electron chi connectivity index (χ4n) is 0.790. The molecule has 14 heavy (non-hydrogen) atoms. The van der Waals surface area contributed by atoms with Gasteiger partial charge in [-0.1, -0.05) is 0 Å². The van der Waals surface area contributed by atoms with Gasteiger partial charge in [0.05, 0.1) is 0 Å². The van der Waals surface area contributed by atoms with Crippen LogP contribution in [0.1, 0.15) is 12.1 Å². The summed E-state index contributed by atoms with van der Waals surface area (Å²) in [5, 5.41) is 9.97. The lowest BCUT2D eigenvalue weighted by Crippen LogP contribution is -2.10. The van der Waals surface area contributed by atoms with Gasteiger partial charge in [-0.2, -0.15) is 0 Å². The zero-order valence-electron chi connectivity index (χ0n) is 6.67. The van der Waals surface area contributed by atoms with E-state index >= 15 is 0 Å². The van der Waals surface area contributed by atoms with Gasteiger partial charge in [0, 0.05) is 0 Å². The van der Waals surface area contributed by atoms with Crippen LogP contribution >= 0.6 is 0 Å². The van der Waals surface area contributed by atoms with E-state index in [0.29, 0.717) is 0 Å². The first-order chi connectivity index (χ1) is 6.50. The molecule has 4 nitrogen and oxygen atoms in total. The maximum Gasteiger partial charge on any atom is 0.410 e. The van der Waals surface area contributed by atoms with Gasteiger partial charge in [0.2, 0.25) is 0 Å². The third-order valence-corrected chi connectivity index (χ3v) is 1.31. The first-order valence-corrected chi connectivity index (χ1v) is 3.45. The number of carboxylic acid groups (broad SMARTS) is 1. The normalized spacial score (nSPS) is 10.3. The zero-order chi connectivity index (χ0) is 10.7. The van der Waals surface area contributed by atoms with Crippen LogP contribution in [0.25, 0.3) is 0 Å². The lowest BCUT2D eigenvalue weighted by molar-refractivity contribution is 0.140. The highest BCUT2D eigenvalue weighted by atomic mass is 19.3. The predicted molar refractivity (Wildman–Crippen MR) is 40.8 cm³/mol. The van der Waals surface area contributed by atoms with Crippen molar-refractivity contribution in [3.8, 4) is 0 Å². The van der Waals surface area contributed by atoms with Gasteiger partial charge in [0.15, 0.2) is 5.82 Å². The van der Waals surface area contributed by atoms with Crippen molar-refractivity contribution in [3.63, 3.8) is 0 Å². The van der Waals surface area contributed by atoms with Crippen LogP contribution in [0.15, 0.2) is 12.1 Å². The molecule has 1 rings (SSSR count). The number of amides is 1. The molecule has 0 aliphatic rings. The van der Waals surface area contributed by atoms with Crippen molar-refractivity contribution >= 4 is 11.9 Å². The van der Waals surface area contributed by atoms with Gasteiger partial charge in [-0.25, -0.2) is 22.9 Å². The number of aromatic nitrogens is 1. The Morgan fingerprint density at radius 2 is 2.14 bits per heavy atom. The molecule has 0 radical (unpaired) electrons. The number of hydrogen-bond acceptors (Lipinski definition) is 2. The molecule has 1 amide bonds. The Balaban J connectivity index is 3.00. The van der Waals surface area contributed by atoms with Gasteiger partial charge in [0.1, 0.15) is 11.5 Å². The molecular weight excluding hydrogens is 201 g/mol. The van der Waals surface area contributed by atoms with Crippen LogP contribution in [0.3, 0.4) is 0 Å². The van der Waals surface area contributed by atoms with Crippen LogP contribution in [0.2, 0.25) is 0 Å². The molecule has 0 atom stereocenters. The number of anilines is 1. The van der Waals surface area contributed by atoms with Gasteiger partial charge >= 0.3 is 6.09 Å². The minimum Gasteiger partial charge on any atom is -0.465 e. The first kappa shape index (κ1) is 10.3. The lowest BCUT2D eigenvalue weighted by Gasteiger charge is -2.03. The highest BCUT2D eigenvalue weighted by Gasteiger charge is 2.16. The largest absolute Gasteiger partial charge is 0.465 e. The van der Waals surface area contributed by atoms with Crippen molar-refractivity contribution in [1.82, 2.24) is 4.98 Å². The van der Waals surface area contributed by atoms with Gasteiger partial charge in [-0.15, -0.1) is 0 Å². The second-order valence-electron chi connectivity index (χ2n) is 2.29. The van der Waals surface area contributed by atoms with E-state index in [1.807, 2.05) is 0 Å². The summed E-state index contributed by atoms with van der Waals surface area (Å²) in [4.78, 5) is 13.2. The second kappa shape index (κ2) is 3.95. The summed E-state index contributed by atoms with van der Waals surface area (Å²) in [6.07, 6.45) is -4.53. The quantitative estimate of drug-likeness (QED) is 0.779. The number of halogens is 3. The van der Waals surface area contributed by atoms with E-state index in [0.717, 1.165) is 12.1 Å². The Hall–Kier alpha value is -1.79. The Labute approximate surface area is 76.4 Å². The molecule has 0 saturated heterocycles. The molecule has 0 saturated carbocycles. The van der Waals surface area contributed by atoms with Crippen LogP contribution < -0.4 is 5.32 Å². The highest BCUT2D eigenvalue weighted by Crippen LogP contribution is 2.21. The Morgan fingerprint density at radius 3 is 2.64 bits per heavy atom. The Morgan fingerprint density at radius 1 is 1.50 bits per heavy atom. The Bertz CT molecular complexity index is 357. The molecule has 76 valence electrons. The summed E-state index contributed by atoms with van der Waals surface area (Å²) in [5.41, 5.74) is -1.07. The smallest absolute Gasteiger partial charge is 0.410 e. The number of rotatable bonds is 2. The fourth-order valence-corrected chi connectivity index (χ4v) is 0.790. The number of carbonyl (C=O) groups is 1. The van der Waals surface area contributed by atoms with E-state index in [4.69, 9.17) is 5.11 Å². The number of pyridine rings is 1. The molecule has 0 bridgehead atoms. The van der Waals surface area contributed by atoms with Crippen molar-refractivity contribution in [2.24, 2.45) is 0 Å². The predicted octanol–water partition coefficient (Wildman–Crippen LogP) is 2.25. The summed E-state index contributed by atoms with van der Waals surface area (Å²) in [6.45, 7) is 0. The molecule has 7 heteroatoms. The molecule has 0 fully saturated rings. The van der Waals surface area contributed by atoms with Gasteiger partial charge < -0.3 is 5.11 Å². The third kappa shape index (κ3) is 2.35. The summed E-state index contributed by atoms with van der Waals surface area (Å²) >= 11 is 0. The monoisotopic (exact) mass is 206 g/mol. The average Bonchev–Trinajstić information content (AvgIpc) is 2.07. The van der Waals surface area contributed by atoms with Crippen LogP contribution in [0.4, 0.5) is 23.8 Å². The first-order valence-electron chi connectivity index (χ1n) is 3.45. The van der Waals surface area contributed by atoms with Crippen LogP contribution in [0, 0.1) is 5.82 Å². The lowest BCUT2D eigenvalue weighted by atomic mass is 10.3. The second-order valence-corrected chi connectivity index (χ2v) is 2.29. The van der Waals surface area contributed by atoms with Crippen LogP contribution in [-0.4, -0.2) is 16.2 Å². The standard InChI is InChI=1S/C7H5F3N2O2/c8-3-1-2-4(12-7(13)14)11-5(3)6(9)10/h1-2,6H,(H,11,12)(H,13,14). The molecule has 0 spiro atoms. The van der Waals surface area contributed by atoms with Crippen LogP contribution in [-0.2, 0) is 0 Å². The van der Waals surface area contributed by atoms with Crippen molar-refractivity contribution in [3.05, 3.63) is 23.6 Å². The van der Waals surface area contributed by atoms with Crippen molar-refractivity contribution < 1.29 is 23.1 Å². The molecule has 1 aromatic heterocycles. The summed E-state index contributed by atoms with van der Waals surface area (Å²) in [7, 11) is 0. The van der Waals surface area contributed by atoms with E-state index in [9.17, 15) is 18.0 Å². The molecule has 0 aromatic carbocycles. The molecule has 1 heterocycles. The molecule has 0 aliphatic heterocycles. The number of nitrogens with one attached hydrogen (secondary N) is 1. The zero-order valence-corrected chi connectivity index (χ0v) is 6.67. The third-order valence-electron chi connectivity index (χ3n) is 1.31. The van der Waals surface area contributed by atoms with E-state index in [-0.39, 0.29) is 5.82 Å². The molecule has 0 unspecified atom stereocenters. The fraction of sp³-hybridized carbons (Fsp3) is 0.143. The maximum absolute atomic E-state index is 12.6. The van der Waals surface area contributed by atoms with E-state index in [2.05, 4.69) is 4.98 Å². The maximum atomic E-state index is 12.6. The molecule has 2 N–H and O–H groups in total. The van der Waals surface area contributed by atoms with Crippen molar-refractivity contribution in [1.29, 1.82) is 0 Å².